The van der Waals surface area contributed by atoms with Crippen LogP contribution >= 0.6 is 27.5 Å². The molecular weight excluding hydrogens is 364 g/mol. The third-order valence-corrected chi connectivity index (χ3v) is 7.09. The number of nitrogens with two attached hydrogens (primary N) is 1. The van der Waals surface area contributed by atoms with Gasteiger partial charge in [-0.2, -0.15) is 4.31 Å². The Hall–Kier alpha value is -0.300. The average Bonchev–Trinajstić information content (AvgIpc) is 2.42. The molecule has 0 atom stereocenters. The van der Waals surface area contributed by atoms with Gasteiger partial charge in [0.05, 0.1) is 9.37 Å². The summed E-state index contributed by atoms with van der Waals surface area (Å²) in [5.74, 6) is 0.620. The number of hydrogen-bond acceptors (Lipinski definition) is 3. The van der Waals surface area contributed by atoms with Gasteiger partial charge >= 0.3 is 0 Å². The Bertz CT molecular complexity index is 599. The van der Waals surface area contributed by atoms with Gasteiger partial charge in [0.1, 0.15) is 0 Å². The molecule has 112 valence electrons. The number of anilines is 1. The Morgan fingerprint density at radius 3 is 2.55 bits per heavy atom. The minimum Gasteiger partial charge on any atom is -0.398 e. The number of piperidine rings is 1. The predicted molar refractivity (Wildman–Crippen MR) is 85.3 cm³/mol. The molecule has 1 saturated heterocycles. The van der Waals surface area contributed by atoms with Crippen LogP contribution in [-0.4, -0.2) is 25.8 Å². The second-order valence-corrected chi connectivity index (χ2v) is 8.20. The van der Waals surface area contributed by atoms with Gasteiger partial charge in [0.25, 0.3) is 0 Å². The van der Waals surface area contributed by atoms with Crippen LogP contribution in [0.1, 0.15) is 26.2 Å². The maximum Gasteiger partial charge on any atom is 0.244 e. The Kier molecular flexibility index (Phi) is 5.00. The van der Waals surface area contributed by atoms with E-state index in [4.69, 9.17) is 17.3 Å². The summed E-state index contributed by atoms with van der Waals surface area (Å²) in [4.78, 5) is 0.150. The third-order valence-electron chi connectivity index (χ3n) is 3.80. The minimum absolute atomic E-state index is 0.150. The van der Waals surface area contributed by atoms with Crippen molar-refractivity contribution in [3.05, 3.63) is 21.6 Å². The van der Waals surface area contributed by atoms with E-state index in [1.165, 1.54) is 16.4 Å². The zero-order valence-corrected chi connectivity index (χ0v) is 14.4. The molecule has 1 heterocycles. The van der Waals surface area contributed by atoms with Crippen molar-refractivity contribution in [1.29, 1.82) is 0 Å². The van der Waals surface area contributed by atoms with Crippen LogP contribution < -0.4 is 5.73 Å². The molecular formula is C13H18BrClN2O2S. The van der Waals surface area contributed by atoms with Crippen molar-refractivity contribution >= 4 is 43.2 Å². The maximum absolute atomic E-state index is 12.7. The zero-order chi connectivity index (χ0) is 14.9. The highest BCUT2D eigenvalue weighted by molar-refractivity contribution is 9.10. The van der Waals surface area contributed by atoms with Crippen LogP contribution in [0.25, 0.3) is 0 Å². The Labute approximate surface area is 133 Å². The first kappa shape index (κ1) is 16.1. The van der Waals surface area contributed by atoms with Gasteiger partial charge in [-0.1, -0.05) is 24.9 Å². The second-order valence-electron chi connectivity index (χ2n) is 5.06. The van der Waals surface area contributed by atoms with Crippen LogP contribution in [0.2, 0.25) is 5.02 Å². The summed E-state index contributed by atoms with van der Waals surface area (Å²) >= 11 is 9.18. The Morgan fingerprint density at radius 2 is 2.00 bits per heavy atom. The second kappa shape index (κ2) is 6.22. The van der Waals surface area contributed by atoms with Crippen LogP contribution in [0.5, 0.6) is 0 Å². The molecule has 0 radical (unpaired) electrons. The summed E-state index contributed by atoms with van der Waals surface area (Å²) in [7, 11) is -3.55. The van der Waals surface area contributed by atoms with E-state index in [2.05, 4.69) is 22.9 Å². The average molecular weight is 382 g/mol. The van der Waals surface area contributed by atoms with E-state index in [9.17, 15) is 8.42 Å². The van der Waals surface area contributed by atoms with Crippen LogP contribution in [0.4, 0.5) is 5.69 Å². The molecule has 1 aliphatic rings. The Balaban J connectivity index is 2.32. The van der Waals surface area contributed by atoms with Gasteiger partial charge < -0.3 is 5.73 Å². The summed E-state index contributed by atoms with van der Waals surface area (Å²) in [5.41, 5.74) is 6.11. The fourth-order valence-corrected chi connectivity index (χ4v) is 5.19. The molecule has 1 fully saturated rings. The summed E-state index contributed by atoms with van der Waals surface area (Å²) < 4.78 is 27.3. The van der Waals surface area contributed by atoms with Gasteiger partial charge in [0, 0.05) is 23.8 Å². The molecule has 2 N–H and O–H groups in total. The van der Waals surface area contributed by atoms with Crippen molar-refractivity contribution in [3.63, 3.8) is 0 Å². The van der Waals surface area contributed by atoms with E-state index in [0.717, 1.165) is 19.3 Å². The molecule has 4 nitrogen and oxygen atoms in total. The van der Waals surface area contributed by atoms with Crippen LogP contribution in [-0.2, 0) is 10.0 Å². The molecule has 0 spiro atoms. The van der Waals surface area contributed by atoms with Crippen molar-refractivity contribution in [2.75, 3.05) is 18.8 Å². The SMILES string of the molecule is CCC1CCN(S(=O)(=O)c2cc(Cl)cc(N)c2Br)CC1. The lowest BCUT2D eigenvalue weighted by Gasteiger charge is -2.31. The number of nitrogens with zero attached hydrogens (tertiary/aromatic N) is 1. The zero-order valence-electron chi connectivity index (χ0n) is 11.3. The number of rotatable bonds is 3. The predicted octanol–water partition coefficient (Wildman–Crippen LogP) is 3.50. The van der Waals surface area contributed by atoms with E-state index in [0.29, 0.717) is 34.2 Å². The van der Waals surface area contributed by atoms with E-state index >= 15 is 0 Å². The first-order valence-corrected chi connectivity index (χ1v) is 9.22. The van der Waals surface area contributed by atoms with E-state index in [1.807, 2.05) is 0 Å². The van der Waals surface area contributed by atoms with Crippen molar-refractivity contribution in [3.8, 4) is 0 Å². The van der Waals surface area contributed by atoms with Crippen LogP contribution in [0.3, 0.4) is 0 Å². The van der Waals surface area contributed by atoms with Crippen LogP contribution in [0.15, 0.2) is 21.5 Å². The molecule has 0 saturated carbocycles. The first-order valence-electron chi connectivity index (χ1n) is 6.61. The molecule has 1 aliphatic heterocycles. The normalized spacial score (nSPS) is 18.4. The van der Waals surface area contributed by atoms with E-state index in [1.54, 1.807) is 0 Å². The lowest BCUT2D eigenvalue weighted by atomic mass is 9.96. The highest BCUT2D eigenvalue weighted by Crippen LogP contribution is 2.34. The topological polar surface area (TPSA) is 63.4 Å². The fourth-order valence-electron chi connectivity index (χ4n) is 2.47. The van der Waals surface area contributed by atoms with Gasteiger partial charge in [-0.15, -0.1) is 0 Å². The number of benzene rings is 1. The van der Waals surface area contributed by atoms with Crippen molar-refractivity contribution < 1.29 is 8.42 Å². The maximum atomic E-state index is 12.7. The highest BCUT2D eigenvalue weighted by Gasteiger charge is 2.31. The molecule has 0 aromatic heterocycles. The molecule has 1 aromatic carbocycles. The smallest absolute Gasteiger partial charge is 0.244 e. The van der Waals surface area contributed by atoms with Gasteiger partial charge in [0.15, 0.2) is 0 Å². The standard InChI is InChI=1S/C13H18BrClN2O2S/c1-2-9-3-5-17(6-4-9)20(18,19)12-8-10(15)7-11(16)13(12)14/h7-9H,2-6,16H2,1H3. The molecule has 7 heteroatoms. The van der Waals surface area contributed by atoms with Crippen molar-refractivity contribution in [2.24, 2.45) is 5.92 Å². The summed E-state index contributed by atoms with van der Waals surface area (Å²) in [6.45, 7) is 3.25. The minimum atomic E-state index is -3.55. The number of halogens is 2. The first-order chi connectivity index (χ1) is 9.36. The quantitative estimate of drug-likeness (QED) is 0.815. The van der Waals surface area contributed by atoms with Gasteiger partial charge in [-0.25, -0.2) is 8.42 Å². The van der Waals surface area contributed by atoms with Gasteiger partial charge in [-0.3, -0.25) is 0 Å². The molecule has 0 aliphatic carbocycles. The Morgan fingerprint density at radius 1 is 1.40 bits per heavy atom. The number of hydrogen-bond donors (Lipinski definition) is 1. The lowest BCUT2D eigenvalue weighted by Crippen LogP contribution is -2.38. The fraction of sp³-hybridized carbons (Fsp3) is 0.538. The van der Waals surface area contributed by atoms with E-state index < -0.39 is 10.0 Å². The number of nitrogen functional groups attached to an aromatic ring is 1. The van der Waals surface area contributed by atoms with Crippen molar-refractivity contribution in [1.82, 2.24) is 4.31 Å². The largest absolute Gasteiger partial charge is 0.398 e. The summed E-state index contributed by atoms with van der Waals surface area (Å²) in [5, 5.41) is 0.327. The van der Waals surface area contributed by atoms with Crippen LogP contribution in [0, 0.1) is 5.92 Å². The summed E-state index contributed by atoms with van der Waals surface area (Å²) in [6.07, 6.45) is 2.91. The van der Waals surface area contributed by atoms with E-state index in [-0.39, 0.29) is 4.90 Å². The molecule has 20 heavy (non-hydrogen) atoms. The molecule has 0 bridgehead atoms. The van der Waals surface area contributed by atoms with Gasteiger partial charge in [-0.05, 0) is 46.8 Å². The molecule has 0 unspecified atom stereocenters. The molecule has 2 rings (SSSR count). The monoisotopic (exact) mass is 380 g/mol. The number of sulfonamides is 1. The molecule has 0 amide bonds. The molecule has 1 aromatic rings. The van der Waals surface area contributed by atoms with Crippen molar-refractivity contribution in [2.45, 2.75) is 31.1 Å². The van der Waals surface area contributed by atoms with Gasteiger partial charge in [0.2, 0.25) is 10.0 Å². The third kappa shape index (κ3) is 3.13. The summed E-state index contributed by atoms with van der Waals surface area (Å²) in [6, 6.07) is 2.98. The highest BCUT2D eigenvalue weighted by atomic mass is 79.9. The lowest BCUT2D eigenvalue weighted by molar-refractivity contribution is 0.269.